The third-order valence-electron chi connectivity index (χ3n) is 3.90. The topological polar surface area (TPSA) is 57.6 Å². The Balaban J connectivity index is 1.94. The lowest BCUT2D eigenvalue weighted by Crippen LogP contribution is -2.30. The number of carbonyl (C=O) groups is 2. The molecule has 1 heterocycles. The number of hydrogen-bond acceptors (Lipinski definition) is 2. The summed E-state index contributed by atoms with van der Waals surface area (Å²) < 4.78 is 14.0. The fourth-order valence-corrected chi connectivity index (χ4v) is 3.07. The molecule has 1 aliphatic heterocycles. The molecule has 21 heavy (non-hydrogen) atoms. The van der Waals surface area contributed by atoms with Crippen molar-refractivity contribution < 1.29 is 19.1 Å². The predicted molar refractivity (Wildman–Crippen MR) is 79.3 cm³/mol. The van der Waals surface area contributed by atoms with Crippen LogP contribution in [0.1, 0.15) is 18.9 Å². The third kappa shape index (κ3) is 3.81. The number of carbonyl (C=O) groups excluding carboxylic acids is 1. The number of halogens is 2. The summed E-state index contributed by atoms with van der Waals surface area (Å²) in [5.41, 5.74) is 0.741. The second kappa shape index (κ2) is 6.56. The van der Waals surface area contributed by atoms with Crippen LogP contribution in [0.15, 0.2) is 22.7 Å². The first kappa shape index (κ1) is 15.9. The molecule has 4 nitrogen and oxygen atoms in total. The lowest BCUT2D eigenvalue weighted by atomic mass is 9.99. The first-order chi connectivity index (χ1) is 9.88. The van der Waals surface area contributed by atoms with Crippen LogP contribution in [-0.2, 0) is 16.0 Å². The largest absolute Gasteiger partial charge is 0.481 e. The van der Waals surface area contributed by atoms with Crippen molar-refractivity contribution in [3.63, 3.8) is 0 Å². The molecule has 0 spiro atoms. The first-order valence-electron chi connectivity index (χ1n) is 6.83. The Hall–Kier alpha value is -1.43. The summed E-state index contributed by atoms with van der Waals surface area (Å²) >= 11 is 3.33. The molecule has 114 valence electrons. The Kier molecular flexibility index (Phi) is 4.98. The van der Waals surface area contributed by atoms with Gasteiger partial charge in [0, 0.05) is 24.0 Å². The van der Waals surface area contributed by atoms with E-state index in [2.05, 4.69) is 15.9 Å². The standard InChI is InChI=1S/C15H17BrFNO3/c1-9-7-18(8-12(9)15(20)21)14(19)5-2-10-6-11(17)3-4-13(10)16/h3-4,6,9,12H,2,5,7-8H2,1H3,(H,20,21)/t9-,12-/m1/s1. The van der Waals surface area contributed by atoms with Crippen LogP contribution in [0.2, 0.25) is 0 Å². The molecule has 1 aromatic rings. The van der Waals surface area contributed by atoms with Crippen LogP contribution in [-0.4, -0.2) is 35.0 Å². The third-order valence-corrected chi connectivity index (χ3v) is 4.67. The second-order valence-corrected chi connectivity index (χ2v) is 6.31. The maximum Gasteiger partial charge on any atom is 0.308 e. The zero-order valence-corrected chi connectivity index (χ0v) is 13.3. The molecular formula is C15H17BrFNO3. The van der Waals surface area contributed by atoms with E-state index in [1.165, 1.54) is 12.1 Å². The molecule has 1 saturated heterocycles. The predicted octanol–water partition coefficient (Wildman–Crippen LogP) is 2.70. The van der Waals surface area contributed by atoms with Crippen molar-refractivity contribution in [2.24, 2.45) is 11.8 Å². The van der Waals surface area contributed by atoms with Crippen molar-refractivity contribution in [3.05, 3.63) is 34.1 Å². The van der Waals surface area contributed by atoms with Gasteiger partial charge in [0.15, 0.2) is 0 Å². The fourth-order valence-electron chi connectivity index (χ4n) is 2.63. The number of likely N-dealkylation sites (tertiary alicyclic amines) is 1. The molecule has 6 heteroatoms. The van der Waals surface area contributed by atoms with E-state index in [1.807, 2.05) is 6.92 Å². The van der Waals surface area contributed by atoms with E-state index in [0.29, 0.717) is 13.0 Å². The van der Waals surface area contributed by atoms with Crippen LogP contribution < -0.4 is 0 Å². The minimum absolute atomic E-state index is 0.0349. The van der Waals surface area contributed by atoms with E-state index >= 15 is 0 Å². The molecule has 1 aromatic carbocycles. The smallest absolute Gasteiger partial charge is 0.308 e. The van der Waals surface area contributed by atoms with Crippen LogP contribution in [0, 0.1) is 17.7 Å². The zero-order valence-electron chi connectivity index (χ0n) is 11.7. The molecule has 0 aromatic heterocycles. The Morgan fingerprint density at radius 3 is 2.76 bits per heavy atom. The number of aryl methyl sites for hydroxylation is 1. The number of carboxylic acid groups (broad SMARTS) is 1. The minimum Gasteiger partial charge on any atom is -0.481 e. The quantitative estimate of drug-likeness (QED) is 0.901. The van der Waals surface area contributed by atoms with Gasteiger partial charge in [0.2, 0.25) is 5.91 Å². The van der Waals surface area contributed by atoms with Gasteiger partial charge in [-0.15, -0.1) is 0 Å². The summed E-state index contributed by atoms with van der Waals surface area (Å²) in [7, 11) is 0. The van der Waals surface area contributed by atoms with E-state index in [0.717, 1.165) is 10.0 Å². The minimum atomic E-state index is -0.856. The summed E-state index contributed by atoms with van der Waals surface area (Å²) in [5, 5.41) is 9.07. The molecule has 2 rings (SSSR count). The molecule has 2 atom stereocenters. The van der Waals surface area contributed by atoms with Crippen molar-refractivity contribution in [2.75, 3.05) is 13.1 Å². The SMILES string of the molecule is C[C@@H]1CN(C(=O)CCc2cc(F)ccc2Br)C[C@H]1C(=O)O. The zero-order chi connectivity index (χ0) is 15.6. The number of carboxylic acids is 1. The lowest BCUT2D eigenvalue weighted by Gasteiger charge is -2.16. The monoisotopic (exact) mass is 357 g/mol. The van der Waals surface area contributed by atoms with E-state index in [4.69, 9.17) is 5.11 Å². The number of benzene rings is 1. The Bertz CT molecular complexity index is 564. The summed E-state index contributed by atoms with van der Waals surface area (Å²) in [6, 6.07) is 4.38. The average molecular weight is 358 g/mol. The van der Waals surface area contributed by atoms with Crippen LogP contribution >= 0.6 is 15.9 Å². The van der Waals surface area contributed by atoms with Crippen molar-refractivity contribution in [1.82, 2.24) is 4.90 Å². The molecule has 0 bridgehead atoms. The Morgan fingerprint density at radius 2 is 2.14 bits per heavy atom. The molecule has 0 unspecified atom stereocenters. The summed E-state index contributed by atoms with van der Waals surface area (Å²) in [6.07, 6.45) is 0.681. The molecule has 1 N–H and O–H groups in total. The van der Waals surface area contributed by atoms with Gasteiger partial charge in [-0.05, 0) is 36.1 Å². The molecule has 0 aliphatic carbocycles. The van der Waals surface area contributed by atoms with Crippen molar-refractivity contribution in [3.8, 4) is 0 Å². The van der Waals surface area contributed by atoms with Crippen molar-refractivity contribution in [1.29, 1.82) is 0 Å². The van der Waals surface area contributed by atoms with E-state index in [1.54, 1.807) is 11.0 Å². The lowest BCUT2D eigenvalue weighted by molar-refractivity contribution is -0.142. The summed E-state index contributed by atoms with van der Waals surface area (Å²) in [4.78, 5) is 24.8. The van der Waals surface area contributed by atoms with Gasteiger partial charge in [-0.25, -0.2) is 4.39 Å². The first-order valence-corrected chi connectivity index (χ1v) is 7.62. The molecule has 0 saturated carbocycles. The van der Waals surface area contributed by atoms with E-state index in [9.17, 15) is 14.0 Å². The van der Waals surface area contributed by atoms with E-state index in [-0.39, 0.29) is 30.6 Å². The van der Waals surface area contributed by atoms with Crippen LogP contribution in [0.3, 0.4) is 0 Å². The van der Waals surface area contributed by atoms with Crippen LogP contribution in [0.5, 0.6) is 0 Å². The fraction of sp³-hybridized carbons (Fsp3) is 0.467. The Labute approximate surface area is 131 Å². The maximum absolute atomic E-state index is 13.2. The highest BCUT2D eigenvalue weighted by Gasteiger charge is 2.36. The van der Waals surface area contributed by atoms with Gasteiger partial charge in [-0.2, -0.15) is 0 Å². The van der Waals surface area contributed by atoms with E-state index < -0.39 is 11.9 Å². The van der Waals surface area contributed by atoms with Crippen LogP contribution in [0.25, 0.3) is 0 Å². The molecule has 1 fully saturated rings. The summed E-state index contributed by atoms with van der Waals surface area (Å²) in [6.45, 7) is 2.58. The average Bonchev–Trinajstić information content (AvgIpc) is 2.82. The van der Waals surface area contributed by atoms with Gasteiger partial charge in [0.05, 0.1) is 5.92 Å². The second-order valence-electron chi connectivity index (χ2n) is 5.46. The molecular weight excluding hydrogens is 341 g/mol. The number of aliphatic carboxylic acids is 1. The molecule has 0 radical (unpaired) electrons. The number of hydrogen-bond donors (Lipinski definition) is 1. The Morgan fingerprint density at radius 1 is 1.43 bits per heavy atom. The molecule has 1 aliphatic rings. The van der Waals surface area contributed by atoms with Gasteiger partial charge < -0.3 is 10.0 Å². The van der Waals surface area contributed by atoms with Gasteiger partial charge >= 0.3 is 5.97 Å². The summed E-state index contributed by atoms with van der Waals surface area (Å²) in [5.74, 6) is -1.80. The highest BCUT2D eigenvalue weighted by Crippen LogP contribution is 2.25. The number of nitrogens with zero attached hydrogens (tertiary/aromatic N) is 1. The van der Waals surface area contributed by atoms with Gasteiger partial charge in [0.1, 0.15) is 5.82 Å². The molecule has 1 amide bonds. The normalized spacial score (nSPS) is 21.6. The van der Waals surface area contributed by atoms with Crippen molar-refractivity contribution in [2.45, 2.75) is 19.8 Å². The maximum atomic E-state index is 13.2. The number of rotatable bonds is 4. The highest BCUT2D eigenvalue weighted by molar-refractivity contribution is 9.10. The van der Waals surface area contributed by atoms with Gasteiger partial charge in [-0.3, -0.25) is 9.59 Å². The van der Waals surface area contributed by atoms with Gasteiger partial charge in [0.25, 0.3) is 0 Å². The highest BCUT2D eigenvalue weighted by atomic mass is 79.9. The van der Waals surface area contributed by atoms with Crippen LogP contribution in [0.4, 0.5) is 4.39 Å². The van der Waals surface area contributed by atoms with Crippen molar-refractivity contribution >= 4 is 27.8 Å². The van der Waals surface area contributed by atoms with Gasteiger partial charge in [-0.1, -0.05) is 22.9 Å². The number of amides is 1.